The average molecular weight is 1080 g/mol. The van der Waals surface area contributed by atoms with Crippen LogP contribution in [0.3, 0.4) is 0 Å². The van der Waals surface area contributed by atoms with Gasteiger partial charge in [0.05, 0.1) is 37.6 Å². The average Bonchev–Trinajstić information content (AvgIpc) is 3.34. The van der Waals surface area contributed by atoms with Crippen LogP contribution in [-0.4, -0.2) is 87.2 Å². The maximum atomic E-state index is 12.6. The van der Waals surface area contributed by atoms with Crippen LogP contribution in [0.5, 0.6) is 11.5 Å². The Morgan fingerprint density at radius 1 is 0.455 bits per heavy atom. The summed E-state index contributed by atoms with van der Waals surface area (Å²) in [6, 6.07) is 0. The molecule has 1 aromatic rings. The van der Waals surface area contributed by atoms with E-state index in [0.717, 1.165) is 98.0 Å². The molecule has 1 aromatic carbocycles. The van der Waals surface area contributed by atoms with Gasteiger partial charge in [0.1, 0.15) is 11.5 Å². The van der Waals surface area contributed by atoms with E-state index in [1.54, 1.807) is 35.0 Å². The molecule has 0 aromatic heterocycles. The topological polar surface area (TPSA) is 130 Å². The lowest BCUT2D eigenvalue weighted by molar-refractivity contribution is -0.116. The normalized spacial score (nSPS) is 15.2. The number of ether oxygens (including phenoxy) is 6. The minimum Gasteiger partial charge on any atom is -0.467 e. The summed E-state index contributed by atoms with van der Waals surface area (Å²) in [5.74, 6) is 1.50. The number of allylic oxidation sites excluding steroid dienone is 16. The summed E-state index contributed by atoms with van der Waals surface area (Å²) in [7, 11) is 3.29. The molecule has 0 fully saturated rings. The first-order valence-electron chi connectivity index (χ1n) is 28.1. The van der Waals surface area contributed by atoms with Crippen LogP contribution in [0.25, 0.3) is 0 Å². The molecule has 0 saturated heterocycles. The van der Waals surface area contributed by atoms with Crippen LogP contribution in [0.2, 0.25) is 0 Å². The lowest BCUT2D eigenvalue weighted by Gasteiger charge is -2.26. The minimum absolute atomic E-state index is 0. The number of hydrogen-bond donors (Lipinski definition) is 2. The summed E-state index contributed by atoms with van der Waals surface area (Å²) >= 11 is 0. The van der Waals surface area contributed by atoms with Crippen molar-refractivity contribution < 1.29 is 48.2 Å². The molecule has 2 rings (SSSR count). The fourth-order valence-corrected chi connectivity index (χ4v) is 8.90. The highest BCUT2D eigenvalue weighted by molar-refractivity contribution is 6.24. The van der Waals surface area contributed by atoms with Gasteiger partial charge in [-0.3, -0.25) is 9.59 Å². The zero-order chi connectivity index (χ0) is 57.4. The monoisotopic (exact) mass is 1070 g/mol. The third kappa shape index (κ3) is 30.1. The molecule has 0 radical (unpaired) electrons. The van der Waals surface area contributed by atoms with E-state index < -0.39 is 11.2 Å². The zero-order valence-electron chi connectivity index (χ0n) is 51.2. The molecule has 10 nitrogen and oxygen atoms in total. The van der Waals surface area contributed by atoms with Crippen LogP contribution in [0.4, 0.5) is 0 Å². The van der Waals surface area contributed by atoms with Gasteiger partial charge in [-0.15, -0.1) is 0 Å². The summed E-state index contributed by atoms with van der Waals surface area (Å²) in [5.41, 5.74) is 12.9. The van der Waals surface area contributed by atoms with Crippen molar-refractivity contribution in [2.75, 3.05) is 54.2 Å². The second-order valence-electron chi connectivity index (χ2n) is 22.3. The molecule has 0 spiro atoms. The number of Topliss-reactive ketones (excluding diaryl/α,β-unsaturated/α-hetero) is 2. The van der Waals surface area contributed by atoms with Gasteiger partial charge < -0.3 is 38.6 Å². The molecule has 0 saturated carbocycles. The number of carbonyl (C=O) groups excluding carboxylic acids is 2. The number of rotatable bonds is 36. The number of methoxy groups -OCH3 is 2. The van der Waals surface area contributed by atoms with E-state index >= 15 is 0 Å². The van der Waals surface area contributed by atoms with Crippen LogP contribution in [0.1, 0.15) is 216 Å². The number of benzene rings is 1. The molecule has 1 aliphatic carbocycles. The molecule has 438 valence electrons. The van der Waals surface area contributed by atoms with E-state index in [9.17, 15) is 19.8 Å². The van der Waals surface area contributed by atoms with Gasteiger partial charge in [0.15, 0.2) is 25.2 Å². The molecular formula is C67H110O10. The lowest BCUT2D eigenvalue weighted by Crippen LogP contribution is -2.26. The Morgan fingerprint density at radius 3 is 1.23 bits per heavy atom. The zero-order valence-corrected chi connectivity index (χ0v) is 51.2. The highest BCUT2D eigenvalue weighted by atomic mass is 16.7. The van der Waals surface area contributed by atoms with E-state index in [1.165, 1.54) is 33.4 Å². The van der Waals surface area contributed by atoms with Crippen molar-refractivity contribution in [3.05, 3.63) is 114 Å². The fraction of sp³-hybridized carbons (Fsp3) is 0.642. The Morgan fingerprint density at radius 2 is 0.818 bits per heavy atom. The predicted molar refractivity (Wildman–Crippen MR) is 323 cm³/mol. The van der Waals surface area contributed by atoms with Crippen molar-refractivity contribution in [1.29, 1.82) is 0 Å². The first kappa shape index (κ1) is 72.8. The molecule has 0 aliphatic heterocycles. The summed E-state index contributed by atoms with van der Waals surface area (Å²) in [6.07, 6.45) is 27.6. The lowest BCUT2D eigenvalue weighted by atomic mass is 9.82. The molecular weight excluding hydrogens is 965 g/mol. The van der Waals surface area contributed by atoms with Crippen LogP contribution in [0, 0.1) is 20.8 Å². The summed E-state index contributed by atoms with van der Waals surface area (Å²) in [5, 5.41) is 22.2. The molecule has 2 atom stereocenters. The maximum Gasteiger partial charge on any atom is 0.189 e. The highest BCUT2D eigenvalue weighted by Crippen LogP contribution is 2.40. The van der Waals surface area contributed by atoms with Crippen molar-refractivity contribution in [2.45, 2.75) is 232 Å². The third-order valence-electron chi connectivity index (χ3n) is 14.5. The molecule has 0 amide bonds. The molecule has 0 heterocycles. The molecule has 0 unspecified atom stereocenters. The van der Waals surface area contributed by atoms with Gasteiger partial charge in [-0.2, -0.15) is 0 Å². The van der Waals surface area contributed by atoms with Crippen molar-refractivity contribution in [3.63, 3.8) is 0 Å². The number of carbonyl (C=O) groups is 2. The van der Waals surface area contributed by atoms with E-state index in [0.29, 0.717) is 87.2 Å². The molecule has 77 heavy (non-hydrogen) atoms. The van der Waals surface area contributed by atoms with Gasteiger partial charge in [-0.05, 0) is 230 Å². The Hall–Kier alpha value is -4.16. The second kappa shape index (κ2) is 39.2. The largest absolute Gasteiger partial charge is 0.467 e. The summed E-state index contributed by atoms with van der Waals surface area (Å²) in [6.45, 7) is 34.6. The smallest absolute Gasteiger partial charge is 0.189 e. The Labute approximate surface area is 470 Å². The van der Waals surface area contributed by atoms with Crippen LogP contribution < -0.4 is 9.47 Å². The SMILES string of the molecule is C.CC(C)=CCC/C(C)=C/CC/C(C)=C/CC[C@@](C)(O)CCC1=C(C)C(=O)C(C)=C(C)C1=O.COCCOCOc1c(C)c(C)c(OCOCCOC)c(CC[C@](C)(O)CC/C=C(\C)CC/C=C(\C)CCC=C(C)C)c1C. The molecule has 2 N–H and O–H groups in total. The number of hydrogen-bond acceptors (Lipinski definition) is 10. The summed E-state index contributed by atoms with van der Waals surface area (Å²) in [4.78, 5) is 24.9. The van der Waals surface area contributed by atoms with Crippen LogP contribution in [-0.2, 0) is 35.0 Å². The van der Waals surface area contributed by atoms with E-state index in [-0.39, 0.29) is 32.6 Å². The Balaban J connectivity index is 0.00000155. The van der Waals surface area contributed by atoms with Gasteiger partial charge in [0.25, 0.3) is 0 Å². The Kier molecular flexibility index (Phi) is 37.1. The minimum atomic E-state index is -0.862. The molecule has 10 heteroatoms. The van der Waals surface area contributed by atoms with E-state index in [1.807, 2.05) is 34.6 Å². The third-order valence-corrected chi connectivity index (χ3v) is 14.5. The van der Waals surface area contributed by atoms with E-state index in [4.69, 9.17) is 28.4 Å². The van der Waals surface area contributed by atoms with Crippen LogP contribution in [0.15, 0.2) is 92.2 Å². The standard InChI is InChI=1S/C37H62O7.C29H44O3.CH4/c1-28(2)14-11-15-29(3)16-12-17-30(4)18-13-20-37(8,38)21-19-34-33(7)35(43-26-41-24-22-39-9)31(5)32(6)36(34)44-27-42-25-23-40-10;1-20(2)12-9-13-21(3)14-10-15-22(4)16-11-18-29(8,32)19-17-26-25(7)27(30)23(5)24(6)28(26)31;/h14,16,18,38H,11-13,15,17,19-27H2,1-10H3;12,14,16,32H,9-11,13,15,17-19H2,1-8H3;1H4/b29-16+,30-18+;21-14+,22-16+;/t37-;29-;/m11./s1. The summed E-state index contributed by atoms with van der Waals surface area (Å²) < 4.78 is 33.6. The first-order chi connectivity index (χ1) is 35.8. The van der Waals surface area contributed by atoms with Gasteiger partial charge in [-0.1, -0.05) is 77.3 Å². The van der Waals surface area contributed by atoms with Crippen molar-refractivity contribution in [3.8, 4) is 11.5 Å². The first-order valence-corrected chi connectivity index (χ1v) is 28.1. The fourth-order valence-electron chi connectivity index (χ4n) is 8.90. The van der Waals surface area contributed by atoms with Crippen molar-refractivity contribution >= 4 is 11.6 Å². The number of aliphatic hydroxyl groups is 2. The van der Waals surface area contributed by atoms with Crippen LogP contribution >= 0.6 is 0 Å². The van der Waals surface area contributed by atoms with Crippen molar-refractivity contribution in [1.82, 2.24) is 0 Å². The predicted octanol–water partition coefficient (Wildman–Crippen LogP) is 16.7. The van der Waals surface area contributed by atoms with Gasteiger partial charge in [0, 0.05) is 42.1 Å². The Bertz CT molecular complexity index is 2210. The quantitative estimate of drug-likeness (QED) is 0.0290. The molecule has 1 aliphatic rings. The van der Waals surface area contributed by atoms with E-state index in [2.05, 4.69) is 91.8 Å². The van der Waals surface area contributed by atoms with Gasteiger partial charge >= 0.3 is 0 Å². The molecule has 0 bridgehead atoms. The van der Waals surface area contributed by atoms with Crippen molar-refractivity contribution in [2.24, 2.45) is 0 Å². The van der Waals surface area contributed by atoms with Gasteiger partial charge in [0.2, 0.25) is 0 Å². The maximum absolute atomic E-state index is 12.6. The number of ketones is 2. The van der Waals surface area contributed by atoms with Gasteiger partial charge in [-0.25, -0.2) is 0 Å². The highest BCUT2D eigenvalue weighted by Gasteiger charge is 2.30. The second-order valence-corrected chi connectivity index (χ2v) is 22.3.